The first-order chi connectivity index (χ1) is 9.93. The van der Waals surface area contributed by atoms with E-state index in [1.54, 1.807) is 26.0 Å². The molecule has 0 aliphatic heterocycles. The number of carboxylic acids is 1. The van der Waals surface area contributed by atoms with Gasteiger partial charge in [0.05, 0.1) is 6.42 Å². The fourth-order valence-corrected chi connectivity index (χ4v) is 2.13. The summed E-state index contributed by atoms with van der Waals surface area (Å²) in [5.74, 6) is -1.24. The normalized spacial score (nSPS) is 11.8. The fraction of sp³-hybridized carbons (Fsp3) is 0.467. The number of hydrogen-bond acceptors (Lipinski definition) is 2. The summed E-state index contributed by atoms with van der Waals surface area (Å²) in [5, 5.41) is 11.5. The van der Waals surface area contributed by atoms with E-state index in [1.165, 1.54) is 17.0 Å². The Bertz CT molecular complexity index is 494. The van der Waals surface area contributed by atoms with E-state index in [-0.39, 0.29) is 24.3 Å². The lowest BCUT2D eigenvalue weighted by Crippen LogP contribution is -2.46. The maximum atomic E-state index is 13.0. The van der Waals surface area contributed by atoms with Crippen molar-refractivity contribution in [2.75, 3.05) is 13.1 Å². The lowest BCUT2D eigenvalue weighted by Gasteiger charge is -2.27. The molecule has 0 aliphatic carbocycles. The Hall–Kier alpha value is -2.11. The molecule has 1 rings (SSSR count). The summed E-state index contributed by atoms with van der Waals surface area (Å²) >= 11 is 0. The van der Waals surface area contributed by atoms with Gasteiger partial charge >= 0.3 is 12.0 Å². The SMILES string of the molecule is CCN(C(=O)NCCc1cccc(F)c1)C(C)CC(=O)O. The number of carboxylic acid groups (broad SMARTS) is 1. The summed E-state index contributed by atoms with van der Waals surface area (Å²) in [6.45, 7) is 4.30. The summed E-state index contributed by atoms with van der Waals surface area (Å²) in [6.07, 6.45) is 0.430. The van der Waals surface area contributed by atoms with Crippen LogP contribution in [-0.2, 0) is 11.2 Å². The molecular formula is C15H21FN2O3. The van der Waals surface area contributed by atoms with Gasteiger partial charge in [0.2, 0.25) is 0 Å². The molecule has 0 fully saturated rings. The summed E-state index contributed by atoms with van der Waals surface area (Å²) in [6, 6.07) is 5.54. The van der Waals surface area contributed by atoms with Crippen LogP contribution >= 0.6 is 0 Å². The zero-order valence-electron chi connectivity index (χ0n) is 12.3. The third kappa shape index (κ3) is 5.81. The number of halogens is 1. The van der Waals surface area contributed by atoms with E-state index in [0.717, 1.165) is 5.56 Å². The van der Waals surface area contributed by atoms with Gasteiger partial charge in [-0.15, -0.1) is 0 Å². The smallest absolute Gasteiger partial charge is 0.317 e. The number of rotatable bonds is 7. The molecule has 6 heteroatoms. The number of carbonyl (C=O) groups excluding carboxylic acids is 1. The Morgan fingerprint density at radius 2 is 2.14 bits per heavy atom. The number of carbonyl (C=O) groups is 2. The molecule has 0 radical (unpaired) electrons. The Morgan fingerprint density at radius 1 is 1.43 bits per heavy atom. The molecule has 0 aromatic heterocycles. The second-order valence-electron chi connectivity index (χ2n) is 4.84. The van der Waals surface area contributed by atoms with Crippen LogP contribution in [0.4, 0.5) is 9.18 Å². The number of benzene rings is 1. The van der Waals surface area contributed by atoms with Crippen LogP contribution in [0.5, 0.6) is 0 Å². The van der Waals surface area contributed by atoms with E-state index in [1.807, 2.05) is 0 Å². The van der Waals surface area contributed by atoms with E-state index in [4.69, 9.17) is 5.11 Å². The van der Waals surface area contributed by atoms with Crippen molar-refractivity contribution in [3.8, 4) is 0 Å². The Balaban J connectivity index is 2.45. The monoisotopic (exact) mass is 296 g/mol. The van der Waals surface area contributed by atoms with Crippen LogP contribution in [0.25, 0.3) is 0 Å². The molecule has 0 heterocycles. The van der Waals surface area contributed by atoms with Gasteiger partial charge < -0.3 is 15.3 Å². The van der Waals surface area contributed by atoms with Crippen molar-refractivity contribution in [1.29, 1.82) is 0 Å². The first-order valence-electron chi connectivity index (χ1n) is 6.94. The summed E-state index contributed by atoms with van der Waals surface area (Å²) < 4.78 is 13.0. The molecule has 1 aromatic rings. The largest absolute Gasteiger partial charge is 0.481 e. The van der Waals surface area contributed by atoms with E-state index in [2.05, 4.69) is 5.32 Å². The minimum Gasteiger partial charge on any atom is -0.481 e. The molecule has 21 heavy (non-hydrogen) atoms. The van der Waals surface area contributed by atoms with Crippen LogP contribution in [0.3, 0.4) is 0 Å². The summed E-state index contributed by atoms with van der Waals surface area (Å²) in [4.78, 5) is 24.2. The molecule has 2 amide bonds. The minimum atomic E-state index is -0.937. The van der Waals surface area contributed by atoms with Crippen molar-refractivity contribution in [2.45, 2.75) is 32.7 Å². The Morgan fingerprint density at radius 3 is 2.71 bits per heavy atom. The molecule has 0 aliphatic rings. The van der Waals surface area contributed by atoms with Crippen LogP contribution < -0.4 is 5.32 Å². The van der Waals surface area contributed by atoms with Gasteiger partial charge in [-0.1, -0.05) is 12.1 Å². The topological polar surface area (TPSA) is 69.6 Å². The van der Waals surface area contributed by atoms with Crippen molar-refractivity contribution >= 4 is 12.0 Å². The molecule has 0 saturated carbocycles. The van der Waals surface area contributed by atoms with Gasteiger partial charge in [0, 0.05) is 19.1 Å². The van der Waals surface area contributed by atoms with Crippen molar-refractivity contribution < 1.29 is 19.1 Å². The van der Waals surface area contributed by atoms with Gasteiger partial charge in [0.15, 0.2) is 0 Å². The maximum Gasteiger partial charge on any atom is 0.317 e. The highest BCUT2D eigenvalue weighted by atomic mass is 19.1. The highest BCUT2D eigenvalue weighted by molar-refractivity contribution is 5.75. The second kappa shape index (κ2) is 8.24. The fourth-order valence-electron chi connectivity index (χ4n) is 2.13. The zero-order chi connectivity index (χ0) is 15.8. The lowest BCUT2D eigenvalue weighted by molar-refractivity contribution is -0.138. The number of amides is 2. The van der Waals surface area contributed by atoms with Gasteiger partial charge in [0.1, 0.15) is 5.82 Å². The highest BCUT2D eigenvalue weighted by Gasteiger charge is 2.20. The number of nitrogens with one attached hydrogen (secondary N) is 1. The molecule has 1 unspecified atom stereocenters. The van der Waals surface area contributed by atoms with Crippen LogP contribution in [0.1, 0.15) is 25.8 Å². The third-order valence-electron chi connectivity index (χ3n) is 3.18. The predicted octanol–water partition coefficient (Wildman–Crippen LogP) is 2.26. The van der Waals surface area contributed by atoms with Crippen LogP contribution in [0.2, 0.25) is 0 Å². The zero-order valence-corrected chi connectivity index (χ0v) is 12.3. The lowest BCUT2D eigenvalue weighted by atomic mass is 10.1. The second-order valence-corrected chi connectivity index (χ2v) is 4.84. The molecule has 0 saturated heterocycles. The standard InChI is InChI=1S/C15H21FN2O3/c1-3-18(11(2)9-14(19)20)15(21)17-8-7-12-5-4-6-13(16)10-12/h4-6,10-11H,3,7-9H2,1-2H3,(H,17,21)(H,19,20). The molecule has 1 aromatic carbocycles. The molecule has 116 valence electrons. The van der Waals surface area contributed by atoms with Gasteiger partial charge in [-0.3, -0.25) is 4.79 Å². The van der Waals surface area contributed by atoms with Gasteiger partial charge in [0.25, 0.3) is 0 Å². The highest BCUT2D eigenvalue weighted by Crippen LogP contribution is 2.06. The summed E-state index contributed by atoms with van der Waals surface area (Å²) in [5.41, 5.74) is 0.803. The number of nitrogens with zero attached hydrogens (tertiary/aromatic N) is 1. The van der Waals surface area contributed by atoms with Crippen molar-refractivity contribution in [3.05, 3.63) is 35.6 Å². The van der Waals surface area contributed by atoms with E-state index in [9.17, 15) is 14.0 Å². The number of urea groups is 1. The van der Waals surface area contributed by atoms with Crippen LogP contribution in [0, 0.1) is 5.82 Å². The number of hydrogen-bond donors (Lipinski definition) is 2. The third-order valence-corrected chi connectivity index (χ3v) is 3.18. The average molecular weight is 296 g/mol. The first kappa shape index (κ1) is 16.9. The average Bonchev–Trinajstić information content (AvgIpc) is 2.38. The summed E-state index contributed by atoms with van der Waals surface area (Å²) in [7, 11) is 0. The Labute approximate surface area is 123 Å². The Kier molecular flexibility index (Phi) is 6.65. The van der Waals surface area contributed by atoms with Crippen molar-refractivity contribution in [2.24, 2.45) is 0 Å². The first-order valence-corrected chi connectivity index (χ1v) is 6.94. The van der Waals surface area contributed by atoms with Gasteiger partial charge in [-0.05, 0) is 38.0 Å². The van der Waals surface area contributed by atoms with E-state index in [0.29, 0.717) is 19.5 Å². The van der Waals surface area contributed by atoms with E-state index < -0.39 is 5.97 Å². The van der Waals surface area contributed by atoms with Crippen molar-refractivity contribution in [1.82, 2.24) is 10.2 Å². The quantitative estimate of drug-likeness (QED) is 0.811. The molecule has 2 N–H and O–H groups in total. The van der Waals surface area contributed by atoms with Gasteiger partial charge in [-0.25, -0.2) is 9.18 Å². The molecule has 1 atom stereocenters. The molecule has 5 nitrogen and oxygen atoms in total. The maximum absolute atomic E-state index is 13.0. The van der Waals surface area contributed by atoms with E-state index >= 15 is 0 Å². The van der Waals surface area contributed by atoms with Crippen LogP contribution in [0.15, 0.2) is 24.3 Å². The molecular weight excluding hydrogens is 275 g/mol. The molecule has 0 spiro atoms. The number of aliphatic carboxylic acids is 1. The van der Waals surface area contributed by atoms with Crippen LogP contribution in [-0.4, -0.2) is 41.1 Å². The minimum absolute atomic E-state index is 0.0921. The molecule has 0 bridgehead atoms. The predicted molar refractivity (Wildman–Crippen MR) is 77.6 cm³/mol. The van der Waals surface area contributed by atoms with Gasteiger partial charge in [-0.2, -0.15) is 0 Å². The van der Waals surface area contributed by atoms with Crippen molar-refractivity contribution in [3.63, 3.8) is 0 Å².